The first-order chi connectivity index (χ1) is 7.99. The van der Waals surface area contributed by atoms with Crippen LogP contribution in [0.4, 0.5) is 0 Å². The summed E-state index contributed by atoms with van der Waals surface area (Å²) in [4.78, 5) is 0.215. The van der Waals surface area contributed by atoms with Gasteiger partial charge in [-0.15, -0.1) is 0 Å². The first-order valence-electron chi connectivity index (χ1n) is 5.57. The zero-order valence-corrected chi connectivity index (χ0v) is 10.8. The number of hydrogen-bond donors (Lipinski definition) is 0. The fourth-order valence-corrected chi connectivity index (χ4v) is 2.87. The first-order valence-corrected chi connectivity index (χ1v) is 6.98. The molecule has 94 valence electrons. The fourth-order valence-electron chi connectivity index (χ4n) is 1.69. The largest absolute Gasteiger partial charge is 0.379 e. The lowest BCUT2D eigenvalue weighted by Crippen LogP contribution is -2.18. The molecule has 0 bridgehead atoms. The van der Waals surface area contributed by atoms with E-state index >= 15 is 0 Å². The van der Waals surface area contributed by atoms with Crippen LogP contribution in [-0.2, 0) is 19.0 Å². The van der Waals surface area contributed by atoms with E-state index in [-0.39, 0.29) is 11.0 Å². The van der Waals surface area contributed by atoms with Gasteiger partial charge in [0.25, 0.3) is 10.1 Å². The number of aryl methyl sites for hydroxylation is 2. The van der Waals surface area contributed by atoms with Gasteiger partial charge in [-0.1, -0.05) is 6.07 Å². The molecule has 0 radical (unpaired) electrons. The smallest absolute Gasteiger partial charge is 0.297 e. The standard InChI is InChI=1S/C12H16O4S/c1-9-3-4-12(7-10(9)2)17(13,14)16-11-5-6-15-8-11/h3-4,7,11H,5-6,8H2,1-2H3/t11-/m1/s1. The number of hydrogen-bond acceptors (Lipinski definition) is 4. The van der Waals surface area contributed by atoms with Crippen molar-refractivity contribution in [3.05, 3.63) is 29.3 Å². The van der Waals surface area contributed by atoms with Gasteiger partial charge in [-0.3, -0.25) is 4.18 Å². The molecule has 2 rings (SSSR count). The molecule has 1 aromatic carbocycles. The molecule has 0 spiro atoms. The second-order valence-corrected chi connectivity index (χ2v) is 5.85. The van der Waals surface area contributed by atoms with Gasteiger partial charge in [-0.25, -0.2) is 0 Å². The van der Waals surface area contributed by atoms with Crippen LogP contribution in [0.5, 0.6) is 0 Å². The van der Waals surface area contributed by atoms with Crippen LogP contribution in [0.15, 0.2) is 23.1 Å². The molecule has 5 heteroatoms. The van der Waals surface area contributed by atoms with Crippen LogP contribution in [-0.4, -0.2) is 27.7 Å². The second kappa shape index (κ2) is 4.76. The van der Waals surface area contributed by atoms with Crippen molar-refractivity contribution in [3.8, 4) is 0 Å². The van der Waals surface area contributed by atoms with Crippen LogP contribution in [0, 0.1) is 13.8 Å². The lowest BCUT2D eigenvalue weighted by molar-refractivity contribution is 0.145. The Bertz CT molecular complexity index is 501. The third-order valence-electron chi connectivity index (χ3n) is 2.92. The quantitative estimate of drug-likeness (QED) is 0.774. The molecule has 0 aliphatic carbocycles. The Labute approximate surface area is 102 Å². The maximum Gasteiger partial charge on any atom is 0.297 e. The lowest BCUT2D eigenvalue weighted by atomic mass is 10.1. The van der Waals surface area contributed by atoms with Gasteiger partial charge in [-0.2, -0.15) is 8.42 Å². The van der Waals surface area contributed by atoms with E-state index in [1.54, 1.807) is 18.2 Å². The summed E-state index contributed by atoms with van der Waals surface area (Å²) in [7, 11) is -3.66. The first kappa shape index (κ1) is 12.5. The van der Waals surface area contributed by atoms with Gasteiger partial charge in [0.15, 0.2) is 0 Å². The van der Waals surface area contributed by atoms with Crippen molar-refractivity contribution in [1.82, 2.24) is 0 Å². The Hall–Kier alpha value is -0.910. The molecule has 0 unspecified atom stereocenters. The summed E-state index contributed by atoms with van der Waals surface area (Å²) in [6.45, 7) is 4.74. The number of rotatable bonds is 3. The van der Waals surface area contributed by atoms with E-state index in [0.29, 0.717) is 19.6 Å². The third kappa shape index (κ3) is 2.86. The Morgan fingerprint density at radius 1 is 1.29 bits per heavy atom. The van der Waals surface area contributed by atoms with Gasteiger partial charge in [0, 0.05) is 13.0 Å². The highest BCUT2D eigenvalue weighted by Crippen LogP contribution is 2.20. The summed E-state index contributed by atoms with van der Waals surface area (Å²) >= 11 is 0. The van der Waals surface area contributed by atoms with Crippen molar-refractivity contribution in [2.45, 2.75) is 31.3 Å². The summed E-state index contributed by atoms with van der Waals surface area (Å²) < 4.78 is 34.2. The molecule has 0 amide bonds. The normalized spacial score (nSPS) is 20.7. The molecule has 0 aromatic heterocycles. The molecule has 1 heterocycles. The summed E-state index contributed by atoms with van der Waals surface area (Å²) in [5.41, 5.74) is 2.01. The molecule has 0 saturated carbocycles. The molecular weight excluding hydrogens is 240 g/mol. The molecule has 1 aliphatic heterocycles. The minimum absolute atomic E-state index is 0.215. The minimum atomic E-state index is -3.66. The van der Waals surface area contributed by atoms with E-state index in [4.69, 9.17) is 8.92 Å². The van der Waals surface area contributed by atoms with E-state index < -0.39 is 10.1 Å². The molecular formula is C12H16O4S. The monoisotopic (exact) mass is 256 g/mol. The summed E-state index contributed by atoms with van der Waals surface area (Å²) in [6, 6.07) is 5.00. The van der Waals surface area contributed by atoms with Crippen LogP contribution in [0.25, 0.3) is 0 Å². The number of benzene rings is 1. The zero-order chi connectivity index (χ0) is 12.5. The minimum Gasteiger partial charge on any atom is -0.379 e. The highest BCUT2D eigenvalue weighted by Gasteiger charge is 2.25. The SMILES string of the molecule is Cc1ccc(S(=O)(=O)O[C@@H]2CCOC2)cc1C. The predicted molar refractivity (Wildman–Crippen MR) is 63.4 cm³/mol. The van der Waals surface area contributed by atoms with Gasteiger partial charge in [0.05, 0.1) is 11.5 Å². The zero-order valence-electron chi connectivity index (χ0n) is 9.97. The van der Waals surface area contributed by atoms with Crippen LogP contribution >= 0.6 is 0 Å². The molecule has 1 fully saturated rings. The van der Waals surface area contributed by atoms with E-state index in [9.17, 15) is 8.42 Å². The van der Waals surface area contributed by atoms with Gasteiger partial charge >= 0.3 is 0 Å². The van der Waals surface area contributed by atoms with Gasteiger partial charge in [0.1, 0.15) is 6.10 Å². The molecule has 1 aromatic rings. The van der Waals surface area contributed by atoms with Crippen molar-refractivity contribution in [1.29, 1.82) is 0 Å². The highest BCUT2D eigenvalue weighted by atomic mass is 32.2. The van der Waals surface area contributed by atoms with Gasteiger partial charge in [-0.05, 0) is 37.1 Å². The van der Waals surface area contributed by atoms with E-state index in [2.05, 4.69) is 0 Å². The van der Waals surface area contributed by atoms with Crippen molar-refractivity contribution in [3.63, 3.8) is 0 Å². The molecule has 1 saturated heterocycles. The van der Waals surface area contributed by atoms with Crippen LogP contribution < -0.4 is 0 Å². The Kier molecular flexibility index (Phi) is 3.51. The van der Waals surface area contributed by atoms with E-state index in [1.807, 2.05) is 13.8 Å². The molecule has 1 atom stereocenters. The predicted octanol–water partition coefficient (Wildman–Crippen LogP) is 1.80. The third-order valence-corrected chi connectivity index (χ3v) is 4.27. The summed E-state index contributed by atoms with van der Waals surface area (Å²) in [5.74, 6) is 0. The second-order valence-electron chi connectivity index (χ2n) is 4.28. The molecule has 4 nitrogen and oxygen atoms in total. The van der Waals surface area contributed by atoms with Crippen molar-refractivity contribution >= 4 is 10.1 Å². The van der Waals surface area contributed by atoms with E-state index in [1.165, 1.54) is 0 Å². The topological polar surface area (TPSA) is 52.6 Å². The van der Waals surface area contributed by atoms with Gasteiger partial charge in [0.2, 0.25) is 0 Å². The lowest BCUT2D eigenvalue weighted by Gasteiger charge is -2.11. The molecule has 0 N–H and O–H groups in total. The summed E-state index contributed by atoms with van der Waals surface area (Å²) in [5, 5.41) is 0. The van der Waals surface area contributed by atoms with Crippen molar-refractivity contribution < 1.29 is 17.3 Å². The van der Waals surface area contributed by atoms with Gasteiger partial charge < -0.3 is 4.74 Å². The number of ether oxygens (including phenoxy) is 1. The molecule has 17 heavy (non-hydrogen) atoms. The van der Waals surface area contributed by atoms with Crippen molar-refractivity contribution in [2.24, 2.45) is 0 Å². The summed E-state index contributed by atoms with van der Waals surface area (Å²) in [6.07, 6.45) is 0.283. The highest BCUT2D eigenvalue weighted by molar-refractivity contribution is 7.86. The van der Waals surface area contributed by atoms with Crippen LogP contribution in [0.3, 0.4) is 0 Å². The van der Waals surface area contributed by atoms with Crippen molar-refractivity contribution in [2.75, 3.05) is 13.2 Å². The Morgan fingerprint density at radius 2 is 2.06 bits per heavy atom. The average Bonchev–Trinajstić information content (AvgIpc) is 2.73. The maximum atomic E-state index is 12.0. The average molecular weight is 256 g/mol. The molecule has 1 aliphatic rings. The fraction of sp³-hybridized carbons (Fsp3) is 0.500. The Morgan fingerprint density at radius 3 is 2.65 bits per heavy atom. The van der Waals surface area contributed by atoms with E-state index in [0.717, 1.165) is 11.1 Å². The van der Waals surface area contributed by atoms with Crippen LogP contribution in [0.2, 0.25) is 0 Å². The Balaban J connectivity index is 2.21. The van der Waals surface area contributed by atoms with Crippen LogP contribution in [0.1, 0.15) is 17.5 Å². The maximum absolute atomic E-state index is 12.0.